The molecule has 5 aromatic rings. The highest BCUT2D eigenvalue weighted by atomic mass is 19.4. The fourth-order valence-corrected chi connectivity index (χ4v) is 8.08. The summed E-state index contributed by atoms with van der Waals surface area (Å²) >= 11 is 0. The van der Waals surface area contributed by atoms with Crippen molar-refractivity contribution in [2.45, 2.75) is 81.8 Å². The third kappa shape index (κ3) is 6.85. The predicted octanol–water partition coefficient (Wildman–Crippen LogP) is 5.50. The van der Waals surface area contributed by atoms with Gasteiger partial charge in [0.05, 0.1) is 40.5 Å². The number of imidazole rings is 1. The summed E-state index contributed by atoms with van der Waals surface area (Å²) in [6.45, 7) is 1.52. The molecule has 1 unspecified atom stereocenters. The molecule has 54 heavy (non-hydrogen) atoms. The first-order valence-electron chi connectivity index (χ1n) is 18.2. The van der Waals surface area contributed by atoms with Crippen LogP contribution in [0.4, 0.5) is 24.5 Å². The van der Waals surface area contributed by atoms with Crippen LogP contribution in [0.1, 0.15) is 79.6 Å². The number of carbonyl (C=O) groups excluding carboxylic acids is 3. The van der Waals surface area contributed by atoms with Crippen LogP contribution in [0.15, 0.2) is 65.6 Å². The van der Waals surface area contributed by atoms with E-state index >= 15 is 0 Å². The van der Waals surface area contributed by atoms with Gasteiger partial charge in [-0.15, -0.1) is 0 Å². The van der Waals surface area contributed by atoms with Gasteiger partial charge in [0.1, 0.15) is 17.4 Å². The second-order valence-corrected chi connectivity index (χ2v) is 14.3. The van der Waals surface area contributed by atoms with E-state index in [0.29, 0.717) is 11.2 Å². The van der Waals surface area contributed by atoms with Crippen molar-refractivity contribution in [2.24, 2.45) is 7.05 Å². The Labute approximate surface area is 307 Å². The number of alkyl halides is 3. The number of aryl methyl sites for hydroxylation is 1. The number of aromatic nitrogens is 5. The second kappa shape index (κ2) is 14.0. The quantitative estimate of drug-likeness (QED) is 0.208. The molecular formula is C38H39F3N8O5. The number of para-hydroxylation sites is 1. The molecule has 2 saturated heterocycles. The van der Waals surface area contributed by atoms with Crippen molar-refractivity contribution >= 4 is 51.0 Å². The van der Waals surface area contributed by atoms with Gasteiger partial charge >= 0.3 is 11.9 Å². The lowest BCUT2D eigenvalue weighted by molar-refractivity contribution is -0.141. The Bertz CT molecular complexity index is 2310. The molecule has 13 nitrogen and oxygen atoms in total. The molecule has 16 heteroatoms. The summed E-state index contributed by atoms with van der Waals surface area (Å²) in [5.41, 5.74) is 1.82. The van der Waals surface area contributed by atoms with Crippen molar-refractivity contribution in [3.63, 3.8) is 0 Å². The minimum absolute atomic E-state index is 0.117. The average Bonchev–Trinajstić information content (AvgIpc) is 3.70. The normalized spacial score (nSPS) is 21.5. The van der Waals surface area contributed by atoms with Gasteiger partial charge in [0.15, 0.2) is 0 Å². The highest BCUT2D eigenvalue weighted by Crippen LogP contribution is 2.35. The van der Waals surface area contributed by atoms with Crippen LogP contribution in [0.3, 0.4) is 0 Å². The minimum atomic E-state index is -4.65. The van der Waals surface area contributed by atoms with Crippen LogP contribution in [0.25, 0.3) is 21.9 Å². The number of amides is 3. The van der Waals surface area contributed by atoms with Gasteiger partial charge in [-0.3, -0.25) is 33.5 Å². The fourth-order valence-electron chi connectivity index (χ4n) is 8.08. The number of piperidine rings is 2. The molecule has 0 bridgehead atoms. The maximum absolute atomic E-state index is 13.4. The molecule has 282 valence electrons. The largest absolute Gasteiger partial charge is 0.433 e. The number of fused-ring (bicyclic) bond motifs is 2. The van der Waals surface area contributed by atoms with E-state index in [1.165, 1.54) is 10.6 Å². The zero-order valence-corrected chi connectivity index (χ0v) is 29.5. The van der Waals surface area contributed by atoms with Crippen LogP contribution < -0.4 is 21.2 Å². The molecule has 3 aliphatic rings. The van der Waals surface area contributed by atoms with Crippen molar-refractivity contribution in [1.29, 1.82) is 0 Å². The zero-order chi connectivity index (χ0) is 37.7. The first-order chi connectivity index (χ1) is 25.9. The second-order valence-electron chi connectivity index (χ2n) is 14.3. The molecule has 2 aromatic carbocycles. The van der Waals surface area contributed by atoms with Gasteiger partial charge in [-0.05, 0) is 87.4 Å². The van der Waals surface area contributed by atoms with Crippen LogP contribution in [-0.4, -0.2) is 66.9 Å². The Morgan fingerprint density at radius 2 is 1.67 bits per heavy atom. The van der Waals surface area contributed by atoms with Gasteiger partial charge < -0.3 is 15.0 Å². The summed E-state index contributed by atoms with van der Waals surface area (Å²) in [5, 5.41) is 10.6. The van der Waals surface area contributed by atoms with Crippen molar-refractivity contribution < 1.29 is 32.3 Å². The number of ether oxygens (including phenoxy) is 1. The maximum Gasteiger partial charge on any atom is 0.433 e. The van der Waals surface area contributed by atoms with Gasteiger partial charge in [-0.1, -0.05) is 12.1 Å². The Kier molecular flexibility index (Phi) is 9.24. The number of carbonyl (C=O) groups is 3. The molecule has 1 saturated carbocycles. The van der Waals surface area contributed by atoms with E-state index in [-0.39, 0.29) is 48.4 Å². The van der Waals surface area contributed by atoms with Crippen molar-refractivity contribution in [3.05, 3.63) is 82.7 Å². The molecule has 1 aliphatic carbocycles. The first-order valence-corrected chi connectivity index (χ1v) is 18.2. The number of nitrogens with one attached hydrogen (secondary N) is 2. The molecule has 0 radical (unpaired) electrons. The first kappa shape index (κ1) is 35.5. The van der Waals surface area contributed by atoms with Crippen LogP contribution in [0.2, 0.25) is 0 Å². The van der Waals surface area contributed by atoms with Crippen molar-refractivity contribution in [3.8, 4) is 0 Å². The van der Waals surface area contributed by atoms with Crippen LogP contribution >= 0.6 is 0 Å². The third-order valence-corrected chi connectivity index (χ3v) is 10.8. The molecule has 8 rings (SSSR count). The van der Waals surface area contributed by atoms with Crippen molar-refractivity contribution in [2.75, 3.05) is 23.3 Å². The van der Waals surface area contributed by atoms with Crippen LogP contribution in [0.5, 0.6) is 0 Å². The molecule has 1 atom stereocenters. The third-order valence-electron chi connectivity index (χ3n) is 10.8. The van der Waals surface area contributed by atoms with E-state index in [1.807, 2.05) is 29.1 Å². The zero-order valence-electron chi connectivity index (χ0n) is 29.5. The number of hydrogen-bond acceptors (Lipinski definition) is 8. The van der Waals surface area contributed by atoms with Crippen LogP contribution in [0, 0.1) is 0 Å². The van der Waals surface area contributed by atoms with E-state index in [9.17, 15) is 32.3 Å². The smallest absolute Gasteiger partial charge is 0.375 e. The molecule has 3 amide bonds. The summed E-state index contributed by atoms with van der Waals surface area (Å²) in [7, 11) is 1.72. The Morgan fingerprint density at radius 3 is 2.41 bits per heavy atom. The average molecular weight is 745 g/mol. The standard InChI is InChI=1S/C38H39F3N8O5/c1-46-34-29(5-3-6-30(34)49(37(46)53)31-14-15-33(50)44-36(31)52)47-18-16-26(17-19-47)54-25-11-9-24(10-12-25)48-21-22-20-23(8-13-27(22)45-48)42-35(51)28-4-2-7-32(43-28)38(39,40)41/h2-8,13,20-21,24-26,31H,9-12,14-19H2,1H3,(H,42,51)(H,44,50,52)/t24-,25-,31?. The molecule has 2 aliphatic heterocycles. The summed E-state index contributed by atoms with van der Waals surface area (Å²) in [6.07, 6.45) is 3.26. The monoisotopic (exact) mass is 744 g/mol. The van der Waals surface area contributed by atoms with E-state index in [0.717, 1.165) is 85.9 Å². The molecular weight excluding hydrogens is 705 g/mol. The van der Waals surface area contributed by atoms with Gasteiger partial charge in [-0.25, -0.2) is 9.78 Å². The lowest BCUT2D eigenvalue weighted by atomic mass is 9.92. The Hall–Kier alpha value is -5.51. The van der Waals surface area contributed by atoms with Crippen LogP contribution in [-0.2, 0) is 27.5 Å². The fraction of sp³-hybridized carbons (Fsp3) is 0.421. The predicted molar refractivity (Wildman–Crippen MR) is 193 cm³/mol. The molecule has 5 heterocycles. The van der Waals surface area contributed by atoms with Gasteiger partial charge in [0.2, 0.25) is 11.8 Å². The number of halogens is 3. The SMILES string of the molecule is Cn1c(=O)n(C2CCC(=O)NC2=O)c2cccc(N3CCC(O[C@H]4CC[C@H](n5cc6cc(NC(=O)c7cccc(C(F)(F)F)n7)ccc6n5)CC4)CC3)c21. The lowest BCUT2D eigenvalue weighted by Crippen LogP contribution is -2.44. The molecule has 3 fully saturated rings. The Morgan fingerprint density at radius 1 is 0.926 bits per heavy atom. The highest BCUT2D eigenvalue weighted by molar-refractivity contribution is 6.04. The number of hydrogen-bond donors (Lipinski definition) is 2. The molecule has 2 N–H and O–H groups in total. The highest BCUT2D eigenvalue weighted by Gasteiger charge is 2.34. The van der Waals surface area contributed by atoms with Gasteiger partial charge in [0.25, 0.3) is 5.91 Å². The lowest BCUT2D eigenvalue weighted by Gasteiger charge is -2.37. The number of nitrogens with zero attached hydrogens (tertiary/aromatic N) is 6. The number of rotatable bonds is 7. The van der Waals surface area contributed by atoms with Gasteiger partial charge in [0, 0.05) is 43.8 Å². The van der Waals surface area contributed by atoms with E-state index < -0.39 is 29.7 Å². The summed E-state index contributed by atoms with van der Waals surface area (Å²) < 4.78 is 50.9. The minimum Gasteiger partial charge on any atom is -0.375 e. The topological polar surface area (TPSA) is 145 Å². The Balaban J connectivity index is 0.857. The molecule has 3 aromatic heterocycles. The summed E-state index contributed by atoms with van der Waals surface area (Å²) in [5.74, 6) is -1.51. The maximum atomic E-state index is 13.4. The number of benzene rings is 2. The van der Waals surface area contributed by atoms with E-state index in [2.05, 4.69) is 20.5 Å². The van der Waals surface area contributed by atoms with E-state index in [1.54, 1.807) is 29.8 Å². The molecule has 0 spiro atoms. The number of imide groups is 1. The summed E-state index contributed by atoms with van der Waals surface area (Å²) in [4.78, 5) is 56.2. The van der Waals surface area contributed by atoms with Crippen molar-refractivity contribution in [1.82, 2.24) is 29.2 Å². The number of pyridine rings is 1. The van der Waals surface area contributed by atoms with Gasteiger partial charge in [-0.2, -0.15) is 18.3 Å². The number of anilines is 2. The summed E-state index contributed by atoms with van der Waals surface area (Å²) in [6, 6.07) is 13.6. The van der Waals surface area contributed by atoms with E-state index in [4.69, 9.17) is 9.84 Å².